The zero-order valence-corrected chi connectivity index (χ0v) is 23.6. The van der Waals surface area contributed by atoms with E-state index in [1.807, 2.05) is 50.2 Å². The van der Waals surface area contributed by atoms with Gasteiger partial charge in [-0.15, -0.1) is 0 Å². The van der Waals surface area contributed by atoms with Crippen molar-refractivity contribution in [2.75, 3.05) is 31.5 Å². The first kappa shape index (κ1) is 28.8. The second-order valence-electron chi connectivity index (χ2n) is 8.70. The molecule has 0 heterocycles. The highest BCUT2D eigenvalue weighted by atomic mass is 79.9. The summed E-state index contributed by atoms with van der Waals surface area (Å²) in [6.07, 6.45) is 0.764. The fourth-order valence-corrected chi connectivity index (χ4v) is 4.83. The van der Waals surface area contributed by atoms with Gasteiger partial charge in [0.25, 0.3) is 0 Å². The number of carbonyl (C=O) groups excluding carboxylic acids is 2. The number of nitrogens with one attached hydrogen (secondary N) is 1. The Morgan fingerprint density at radius 3 is 2.26 bits per heavy atom. The Morgan fingerprint density at radius 1 is 1.06 bits per heavy atom. The van der Waals surface area contributed by atoms with Crippen LogP contribution >= 0.6 is 15.9 Å². The summed E-state index contributed by atoms with van der Waals surface area (Å²) < 4.78 is 29.7. The molecule has 2 aromatic carbocycles. The molecule has 10 heteroatoms. The van der Waals surface area contributed by atoms with Crippen LogP contribution in [0.2, 0.25) is 0 Å². The van der Waals surface area contributed by atoms with E-state index in [0.717, 1.165) is 36.2 Å². The average Bonchev–Trinajstić information content (AvgIpc) is 2.81. The summed E-state index contributed by atoms with van der Waals surface area (Å²) in [6.45, 7) is 7.49. The molecule has 192 valence electrons. The Morgan fingerprint density at radius 2 is 1.69 bits per heavy atom. The zero-order valence-electron chi connectivity index (χ0n) is 21.2. The molecule has 0 radical (unpaired) electrons. The number of carbonyl (C=O) groups is 2. The van der Waals surface area contributed by atoms with Gasteiger partial charge in [0.15, 0.2) is 0 Å². The first-order valence-corrected chi connectivity index (χ1v) is 13.7. The molecule has 2 rings (SSSR count). The van der Waals surface area contributed by atoms with E-state index in [9.17, 15) is 18.0 Å². The fraction of sp³-hybridized carbons (Fsp3) is 0.440. The minimum Gasteiger partial charge on any atom is -0.354 e. The van der Waals surface area contributed by atoms with Crippen molar-refractivity contribution in [2.24, 2.45) is 0 Å². The van der Waals surface area contributed by atoms with Gasteiger partial charge in [-0.3, -0.25) is 9.59 Å². The highest BCUT2D eigenvalue weighted by Gasteiger charge is 2.33. The number of rotatable bonds is 11. The van der Waals surface area contributed by atoms with Crippen molar-refractivity contribution < 1.29 is 18.0 Å². The summed E-state index contributed by atoms with van der Waals surface area (Å²) in [5.74, 6) is -0.760. The lowest BCUT2D eigenvalue weighted by atomic mass is 10.1. The van der Waals surface area contributed by atoms with Crippen molar-refractivity contribution in [3.8, 4) is 0 Å². The third-order valence-corrected chi connectivity index (χ3v) is 7.97. The predicted octanol–water partition coefficient (Wildman–Crippen LogP) is 3.62. The van der Waals surface area contributed by atoms with Crippen LogP contribution in [-0.2, 0) is 26.3 Å². The van der Waals surface area contributed by atoms with Crippen LogP contribution in [0.3, 0.4) is 0 Å². The van der Waals surface area contributed by atoms with Gasteiger partial charge in [0, 0.05) is 31.7 Å². The van der Waals surface area contributed by atoms with Crippen LogP contribution in [0.1, 0.15) is 37.0 Å². The van der Waals surface area contributed by atoms with E-state index < -0.39 is 28.7 Å². The minimum atomic E-state index is -3.99. The molecule has 0 saturated heterocycles. The fourth-order valence-electron chi connectivity index (χ4n) is 3.45. The van der Waals surface area contributed by atoms with Gasteiger partial charge >= 0.3 is 10.2 Å². The van der Waals surface area contributed by atoms with Crippen LogP contribution < -0.4 is 9.62 Å². The van der Waals surface area contributed by atoms with Crippen LogP contribution in [-0.4, -0.2) is 62.7 Å². The standard InChI is InChI=1S/C25H35BrN4O4S/c1-7-14-27-25(32)20(4)29(16-21-10-12-22(26)13-11-21)24(31)17-30(35(33,34)28(5)6)23-15-18(2)8-9-19(23)3/h8-13,15,20H,7,14,16-17H2,1-6H3,(H,27,32)/t20-/m1/s1. The largest absolute Gasteiger partial charge is 0.354 e. The molecule has 0 fully saturated rings. The molecule has 0 saturated carbocycles. The number of nitrogens with zero attached hydrogens (tertiary/aromatic N) is 3. The maximum atomic E-state index is 13.7. The molecule has 0 aliphatic rings. The summed E-state index contributed by atoms with van der Waals surface area (Å²) in [7, 11) is -1.13. The third kappa shape index (κ3) is 7.52. The van der Waals surface area contributed by atoms with Crippen LogP contribution in [0, 0.1) is 13.8 Å². The van der Waals surface area contributed by atoms with Crippen molar-refractivity contribution >= 4 is 43.6 Å². The van der Waals surface area contributed by atoms with Crippen LogP contribution in [0.25, 0.3) is 0 Å². The number of amides is 2. The SMILES string of the molecule is CCCNC(=O)[C@@H](C)N(Cc1ccc(Br)cc1)C(=O)CN(c1cc(C)ccc1C)S(=O)(=O)N(C)C. The summed E-state index contributed by atoms with van der Waals surface area (Å²) in [5.41, 5.74) is 2.85. The van der Waals surface area contributed by atoms with Crippen LogP contribution in [0.5, 0.6) is 0 Å². The number of anilines is 1. The smallest absolute Gasteiger partial charge is 0.304 e. The average molecular weight is 568 g/mol. The molecule has 2 aromatic rings. The van der Waals surface area contributed by atoms with Crippen molar-refractivity contribution in [2.45, 2.75) is 46.7 Å². The molecule has 0 spiro atoms. The van der Waals surface area contributed by atoms with Gasteiger partial charge in [-0.1, -0.05) is 47.1 Å². The molecule has 0 aliphatic carbocycles. The summed E-state index contributed by atoms with van der Waals surface area (Å²) in [5, 5.41) is 2.83. The van der Waals surface area contributed by atoms with E-state index >= 15 is 0 Å². The van der Waals surface area contributed by atoms with Crippen molar-refractivity contribution in [3.05, 3.63) is 63.6 Å². The number of benzene rings is 2. The summed E-state index contributed by atoms with van der Waals surface area (Å²) in [6, 6.07) is 12.1. The lowest BCUT2D eigenvalue weighted by Crippen LogP contribution is -2.52. The zero-order chi connectivity index (χ0) is 26.3. The Hall–Kier alpha value is -2.43. The molecule has 1 N–H and O–H groups in total. The first-order valence-electron chi connectivity index (χ1n) is 11.5. The number of halogens is 1. The maximum absolute atomic E-state index is 13.7. The molecule has 0 unspecified atom stereocenters. The van der Waals surface area contributed by atoms with Crippen LogP contribution in [0.4, 0.5) is 5.69 Å². The Labute approximate surface area is 217 Å². The predicted molar refractivity (Wildman–Crippen MR) is 143 cm³/mol. The van der Waals surface area contributed by atoms with Crippen LogP contribution in [0.15, 0.2) is 46.9 Å². The van der Waals surface area contributed by atoms with E-state index in [1.165, 1.54) is 19.0 Å². The molecule has 8 nitrogen and oxygen atoms in total. The Balaban J connectivity index is 2.48. The monoisotopic (exact) mass is 566 g/mol. The maximum Gasteiger partial charge on any atom is 0.304 e. The summed E-state index contributed by atoms with van der Waals surface area (Å²) in [4.78, 5) is 27.9. The molecule has 0 aromatic heterocycles. The molecular weight excluding hydrogens is 532 g/mol. The first-order chi connectivity index (χ1) is 16.4. The van der Waals surface area contributed by atoms with Gasteiger partial charge < -0.3 is 10.2 Å². The van der Waals surface area contributed by atoms with Gasteiger partial charge in [0.1, 0.15) is 12.6 Å². The number of hydrogen-bond donors (Lipinski definition) is 1. The van der Waals surface area contributed by atoms with Gasteiger partial charge in [0.05, 0.1) is 5.69 Å². The van der Waals surface area contributed by atoms with Gasteiger partial charge in [-0.2, -0.15) is 12.7 Å². The lowest BCUT2D eigenvalue weighted by Gasteiger charge is -2.33. The number of aryl methyl sites for hydroxylation is 2. The summed E-state index contributed by atoms with van der Waals surface area (Å²) >= 11 is 3.41. The molecule has 35 heavy (non-hydrogen) atoms. The second kappa shape index (κ2) is 12.5. The van der Waals surface area contributed by atoms with E-state index in [2.05, 4.69) is 21.2 Å². The van der Waals surface area contributed by atoms with E-state index in [1.54, 1.807) is 19.9 Å². The van der Waals surface area contributed by atoms with E-state index in [4.69, 9.17) is 0 Å². The molecule has 1 atom stereocenters. The molecular formula is C25H35BrN4O4S. The van der Waals surface area contributed by atoms with Gasteiger partial charge in [0.2, 0.25) is 11.8 Å². The van der Waals surface area contributed by atoms with Crippen molar-refractivity contribution in [1.29, 1.82) is 0 Å². The molecule has 2 amide bonds. The minimum absolute atomic E-state index is 0.162. The van der Waals surface area contributed by atoms with E-state index in [0.29, 0.717) is 12.2 Å². The normalized spacial score (nSPS) is 12.3. The Bertz CT molecular complexity index is 1140. The lowest BCUT2D eigenvalue weighted by molar-refractivity contribution is -0.139. The highest BCUT2D eigenvalue weighted by Crippen LogP contribution is 2.26. The van der Waals surface area contributed by atoms with Gasteiger partial charge in [-0.05, 0) is 62.1 Å². The number of hydrogen-bond acceptors (Lipinski definition) is 4. The third-order valence-electron chi connectivity index (χ3n) is 5.63. The quantitative estimate of drug-likeness (QED) is 0.449. The second-order valence-corrected chi connectivity index (χ2v) is 11.7. The molecule has 0 bridgehead atoms. The molecule has 0 aliphatic heterocycles. The van der Waals surface area contributed by atoms with Gasteiger partial charge in [-0.25, -0.2) is 4.31 Å². The topological polar surface area (TPSA) is 90.0 Å². The van der Waals surface area contributed by atoms with Crippen molar-refractivity contribution in [1.82, 2.24) is 14.5 Å². The van der Waals surface area contributed by atoms with E-state index in [-0.39, 0.29) is 12.5 Å². The highest BCUT2D eigenvalue weighted by molar-refractivity contribution is 9.10. The Kier molecular flexibility index (Phi) is 10.3. The van der Waals surface area contributed by atoms with Crippen molar-refractivity contribution in [3.63, 3.8) is 0 Å².